The van der Waals surface area contributed by atoms with E-state index in [0.717, 1.165) is 45.9 Å². The number of hydrogen-bond donors (Lipinski definition) is 2. The fourth-order valence-corrected chi connectivity index (χ4v) is 5.45. The number of fused-ring (bicyclic) bond motifs is 3. The number of nitrogens with one attached hydrogen (secondary N) is 2. The maximum Gasteiger partial charge on any atom is 0.227 e. The molecule has 0 aliphatic heterocycles. The van der Waals surface area contributed by atoms with Gasteiger partial charge in [-0.3, -0.25) is 14.6 Å². The van der Waals surface area contributed by atoms with Gasteiger partial charge in [0.1, 0.15) is 5.69 Å². The Kier molecular flexibility index (Phi) is 5.18. The summed E-state index contributed by atoms with van der Waals surface area (Å²) in [6, 6.07) is 8.41. The van der Waals surface area contributed by atoms with E-state index in [1.807, 2.05) is 12.1 Å². The highest BCUT2D eigenvalue weighted by Gasteiger charge is 2.32. The number of carbonyl (C=O) groups is 2. The first-order valence-electron chi connectivity index (χ1n) is 11.4. The lowest BCUT2D eigenvalue weighted by Crippen LogP contribution is -2.14. The zero-order valence-electron chi connectivity index (χ0n) is 18.8. The average Bonchev–Trinajstić information content (AvgIpc) is 3.51. The van der Waals surface area contributed by atoms with Crippen LogP contribution in [0.25, 0.3) is 27.5 Å². The number of halogens is 1. The van der Waals surface area contributed by atoms with Crippen molar-refractivity contribution in [3.63, 3.8) is 0 Å². The van der Waals surface area contributed by atoms with Gasteiger partial charge >= 0.3 is 0 Å². The predicted molar refractivity (Wildman–Crippen MR) is 131 cm³/mol. The Hall–Kier alpha value is -3.92. The minimum Gasteiger partial charge on any atom is -0.326 e. The summed E-state index contributed by atoms with van der Waals surface area (Å²) >= 11 is 1.35. The highest BCUT2D eigenvalue weighted by Crippen LogP contribution is 2.44. The number of nitrogens with zero attached hydrogens (tertiary/aromatic N) is 4. The molecule has 2 amide bonds. The molecule has 2 N–H and O–H groups in total. The minimum atomic E-state index is -0.500. The second-order valence-corrected chi connectivity index (χ2v) is 9.73. The number of benzene rings is 1. The smallest absolute Gasteiger partial charge is 0.227 e. The fourth-order valence-electron chi connectivity index (χ4n) is 4.33. The van der Waals surface area contributed by atoms with E-state index >= 15 is 4.39 Å². The van der Waals surface area contributed by atoms with Crippen molar-refractivity contribution in [2.45, 2.75) is 32.6 Å². The number of hydrogen-bond acceptors (Lipinski definition) is 6. The van der Waals surface area contributed by atoms with Crippen LogP contribution in [-0.2, 0) is 22.4 Å². The van der Waals surface area contributed by atoms with E-state index in [0.29, 0.717) is 23.7 Å². The van der Waals surface area contributed by atoms with Gasteiger partial charge in [0.25, 0.3) is 0 Å². The molecule has 0 atom stereocenters. The van der Waals surface area contributed by atoms with Crippen molar-refractivity contribution < 1.29 is 14.0 Å². The third-order valence-corrected chi connectivity index (χ3v) is 7.14. The monoisotopic (exact) mass is 488 g/mol. The van der Waals surface area contributed by atoms with Crippen LogP contribution in [0.1, 0.15) is 31.0 Å². The Morgan fingerprint density at radius 1 is 1.17 bits per heavy atom. The number of amides is 2. The van der Waals surface area contributed by atoms with Crippen molar-refractivity contribution in [1.82, 2.24) is 19.7 Å². The third-order valence-electron chi connectivity index (χ3n) is 6.12. The SMILES string of the molecule is CC(=O)Nc1nc2c(s1)-c1c(c(-c3cccnc3)nn1-c1ccc(NC(=O)C3CC3)cc1F)CC2. The molecule has 8 nitrogen and oxygen atoms in total. The highest BCUT2D eigenvalue weighted by molar-refractivity contribution is 7.19. The molecule has 6 rings (SSSR count). The zero-order valence-corrected chi connectivity index (χ0v) is 19.7. The van der Waals surface area contributed by atoms with Crippen LogP contribution in [0.3, 0.4) is 0 Å². The van der Waals surface area contributed by atoms with E-state index in [4.69, 9.17) is 5.10 Å². The summed E-state index contributed by atoms with van der Waals surface area (Å²) < 4.78 is 17.0. The van der Waals surface area contributed by atoms with Crippen molar-refractivity contribution in [2.75, 3.05) is 10.6 Å². The third kappa shape index (κ3) is 3.99. The fraction of sp³-hybridized carbons (Fsp3) is 0.240. The number of rotatable bonds is 5. The Labute approximate surface area is 204 Å². The van der Waals surface area contributed by atoms with Crippen LogP contribution in [0, 0.1) is 11.7 Å². The van der Waals surface area contributed by atoms with Gasteiger partial charge in [-0.05, 0) is 56.0 Å². The number of aryl methyl sites for hydroxylation is 1. The average molecular weight is 489 g/mol. The van der Waals surface area contributed by atoms with Gasteiger partial charge < -0.3 is 10.6 Å². The van der Waals surface area contributed by atoms with Gasteiger partial charge in [0.15, 0.2) is 10.9 Å². The molecule has 10 heteroatoms. The molecule has 1 saturated carbocycles. The van der Waals surface area contributed by atoms with Crippen LogP contribution in [0.15, 0.2) is 42.7 Å². The summed E-state index contributed by atoms with van der Waals surface area (Å²) in [6.07, 6.45) is 6.55. The van der Waals surface area contributed by atoms with E-state index in [9.17, 15) is 9.59 Å². The Morgan fingerprint density at radius 3 is 2.74 bits per heavy atom. The van der Waals surface area contributed by atoms with Gasteiger partial charge in [0.05, 0.1) is 22.0 Å². The van der Waals surface area contributed by atoms with E-state index in [2.05, 4.69) is 20.6 Å². The van der Waals surface area contributed by atoms with Gasteiger partial charge in [-0.1, -0.05) is 11.3 Å². The Bertz CT molecular complexity index is 1470. The molecule has 35 heavy (non-hydrogen) atoms. The molecular formula is C25H21FN6O2S. The zero-order chi connectivity index (χ0) is 24.1. The van der Waals surface area contributed by atoms with Crippen LogP contribution in [0.4, 0.5) is 15.2 Å². The molecule has 0 unspecified atom stereocenters. The van der Waals surface area contributed by atoms with Crippen LogP contribution in [-0.4, -0.2) is 31.6 Å². The second kappa shape index (κ2) is 8.38. The van der Waals surface area contributed by atoms with Gasteiger partial charge in [0, 0.05) is 42.0 Å². The predicted octanol–water partition coefficient (Wildman–Crippen LogP) is 4.60. The minimum absolute atomic E-state index is 0.0282. The van der Waals surface area contributed by atoms with Crippen LogP contribution >= 0.6 is 11.3 Å². The molecule has 0 bridgehead atoms. The maximum atomic E-state index is 15.4. The molecule has 0 spiro atoms. The van der Waals surface area contributed by atoms with E-state index in [1.54, 1.807) is 29.2 Å². The molecule has 3 aromatic heterocycles. The standard InChI is InChI=1S/C25H21FN6O2S/c1-13(33)28-25-30-19-8-7-17-21(15-3-2-10-27-12-15)31-32(22(17)23(19)35-25)20-9-6-16(11-18(20)26)29-24(34)14-4-5-14/h2-3,6,9-12,14H,4-5,7-8H2,1H3,(H,29,34)(H,28,30,33). The molecular weight excluding hydrogens is 467 g/mol. The molecule has 2 aliphatic rings. The summed E-state index contributed by atoms with van der Waals surface area (Å²) in [6.45, 7) is 1.44. The Balaban J connectivity index is 1.48. The Morgan fingerprint density at radius 2 is 2.03 bits per heavy atom. The van der Waals surface area contributed by atoms with Crippen molar-refractivity contribution in [3.8, 4) is 27.5 Å². The van der Waals surface area contributed by atoms with Gasteiger partial charge in [0.2, 0.25) is 11.8 Å². The lowest BCUT2D eigenvalue weighted by atomic mass is 9.95. The molecule has 0 radical (unpaired) electrons. The summed E-state index contributed by atoms with van der Waals surface area (Å²) in [4.78, 5) is 33.4. The molecule has 3 heterocycles. The van der Waals surface area contributed by atoms with Gasteiger partial charge in [-0.2, -0.15) is 5.10 Å². The van der Waals surface area contributed by atoms with E-state index in [1.165, 1.54) is 24.3 Å². The van der Waals surface area contributed by atoms with Crippen molar-refractivity contribution in [1.29, 1.82) is 0 Å². The van der Waals surface area contributed by atoms with Crippen molar-refractivity contribution >= 4 is 34.0 Å². The second-order valence-electron chi connectivity index (χ2n) is 8.74. The quantitative estimate of drug-likeness (QED) is 0.427. The first kappa shape index (κ1) is 21.6. The van der Waals surface area contributed by atoms with E-state index < -0.39 is 5.82 Å². The van der Waals surface area contributed by atoms with Crippen molar-refractivity contribution in [3.05, 3.63) is 59.8 Å². The summed E-state index contributed by atoms with van der Waals surface area (Å²) in [5.41, 5.74) is 4.84. The largest absolute Gasteiger partial charge is 0.326 e. The topological polar surface area (TPSA) is 102 Å². The molecule has 1 fully saturated rings. The lowest BCUT2D eigenvalue weighted by molar-refractivity contribution is -0.117. The lowest BCUT2D eigenvalue weighted by Gasteiger charge is -2.15. The number of carbonyl (C=O) groups excluding carboxylic acids is 2. The van der Waals surface area contributed by atoms with Crippen LogP contribution in [0.5, 0.6) is 0 Å². The molecule has 176 valence electrons. The molecule has 2 aliphatic carbocycles. The van der Waals surface area contributed by atoms with Gasteiger partial charge in [-0.25, -0.2) is 14.1 Å². The maximum absolute atomic E-state index is 15.4. The van der Waals surface area contributed by atoms with Gasteiger partial charge in [-0.15, -0.1) is 0 Å². The number of thiazole rings is 1. The van der Waals surface area contributed by atoms with E-state index in [-0.39, 0.29) is 23.4 Å². The van der Waals surface area contributed by atoms with Crippen molar-refractivity contribution in [2.24, 2.45) is 5.92 Å². The first-order valence-corrected chi connectivity index (χ1v) is 12.2. The van der Waals surface area contributed by atoms with Crippen LogP contribution in [0.2, 0.25) is 0 Å². The highest BCUT2D eigenvalue weighted by atomic mass is 32.1. The summed E-state index contributed by atoms with van der Waals surface area (Å²) in [7, 11) is 0. The first-order chi connectivity index (χ1) is 17.0. The summed E-state index contributed by atoms with van der Waals surface area (Å²) in [5.74, 6) is -0.746. The molecule has 4 aromatic rings. The normalized spacial score (nSPS) is 14.2. The number of pyridine rings is 1. The number of anilines is 2. The van der Waals surface area contributed by atoms with Crippen LogP contribution < -0.4 is 10.6 Å². The summed E-state index contributed by atoms with van der Waals surface area (Å²) in [5, 5.41) is 10.9. The molecule has 1 aromatic carbocycles. The molecule has 0 saturated heterocycles. The number of aromatic nitrogens is 4.